The van der Waals surface area contributed by atoms with Gasteiger partial charge in [0.05, 0.1) is 30.5 Å². The molecule has 5 nitrogen and oxygen atoms in total. The molecule has 4 heterocycles. The minimum atomic E-state index is -1.50. The standard InChI is InChI=1S/C43H33N2O2.C17H22NSi.Ir/c1-25(2)32-23-28(27-13-6-5-7-14-27)24-33(26(3)4)41(32)45-35-19-10-9-18-34(35)44-43(45)31-17-12-16-30-40-38(47-42(30)31)22-21-37-39(40)29-15-8-11-20-36(29)46-37;1-13(2)15-11-16(14-9-7-6-8-10-14)18-12-17(15)19(3,4)5;/h5-16,18-26H,1-4H3;6-9,11-13H,1-5H3;/q2*-1;/i;13D;. The Morgan fingerprint density at radius 2 is 1.27 bits per heavy atom. The molecule has 337 valence electrons. The number of imidazole rings is 1. The molecule has 7 aromatic carbocycles. The van der Waals surface area contributed by atoms with Crippen LogP contribution in [-0.4, -0.2) is 22.6 Å². The molecule has 0 amide bonds. The number of rotatable bonds is 8. The largest absolute Gasteiger partial charge is 0.501 e. The number of hydrogen-bond acceptors (Lipinski definition) is 4. The van der Waals surface area contributed by atoms with Gasteiger partial charge in [-0.2, -0.15) is 0 Å². The van der Waals surface area contributed by atoms with Crippen LogP contribution in [-0.2, 0) is 20.1 Å². The Labute approximate surface area is 409 Å². The maximum absolute atomic E-state index is 8.44. The summed E-state index contributed by atoms with van der Waals surface area (Å²) in [6, 6.07) is 56.9. The molecule has 0 fully saturated rings. The monoisotopic (exact) mass is 1070 g/mol. The van der Waals surface area contributed by atoms with Crippen LogP contribution in [0, 0.1) is 12.1 Å². The van der Waals surface area contributed by atoms with Crippen molar-refractivity contribution in [1.29, 1.82) is 0 Å². The van der Waals surface area contributed by atoms with Gasteiger partial charge >= 0.3 is 0 Å². The predicted molar refractivity (Wildman–Crippen MR) is 279 cm³/mol. The van der Waals surface area contributed by atoms with Gasteiger partial charge in [-0.1, -0.05) is 144 Å². The molecule has 0 spiro atoms. The molecule has 4 aromatic heterocycles. The first-order valence-electron chi connectivity index (χ1n) is 23.5. The summed E-state index contributed by atoms with van der Waals surface area (Å²) in [5.74, 6) is 0.755. The first-order chi connectivity index (χ1) is 32.2. The van der Waals surface area contributed by atoms with Crippen molar-refractivity contribution in [2.45, 2.75) is 78.9 Å². The first-order valence-corrected chi connectivity index (χ1v) is 26.5. The van der Waals surface area contributed by atoms with Gasteiger partial charge in [0, 0.05) is 49.5 Å². The summed E-state index contributed by atoms with van der Waals surface area (Å²) in [7, 11) is -1.50. The van der Waals surface area contributed by atoms with Gasteiger partial charge in [0.2, 0.25) is 0 Å². The summed E-state index contributed by atoms with van der Waals surface area (Å²) in [6.07, 6.45) is 1.98. The maximum Gasteiger partial charge on any atom is 0.136 e. The summed E-state index contributed by atoms with van der Waals surface area (Å²) >= 11 is 0. The molecule has 1 radical (unpaired) electrons. The zero-order valence-corrected chi connectivity index (χ0v) is 43.0. The zero-order chi connectivity index (χ0) is 46.8. The minimum Gasteiger partial charge on any atom is -0.501 e. The van der Waals surface area contributed by atoms with Crippen LogP contribution < -0.4 is 5.19 Å². The first kappa shape index (κ1) is 44.5. The van der Waals surface area contributed by atoms with E-state index >= 15 is 0 Å². The smallest absolute Gasteiger partial charge is 0.136 e. The van der Waals surface area contributed by atoms with Gasteiger partial charge in [-0.05, 0) is 93.3 Å². The molecule has 7 heteroatoms. The van der Waals surface area contributed by atoms with E-state index in [0.717, 1.165) is 83.1 Å². The van der Waals surface area contributed by atoms with Crippen LogP contribution in [0.25, 0.3) is 94.4 Å². The predicted octanol–water partition coefficient (Wildman–Crippen LogP) is 16.4. The minimum absolute atomic E-state index is 0. The average Bonchev–Trinajstić information content (AvgIpc) is 4.02. The maximum atomic E-state index is 8.44. The van der Waals surface area contributed by atoms with Gasteiger partial charge in [0.1, 0.15) is 16.7 Å². The summed E-state index contributed by atoms with van der Waals surface area (Å²) in [5, 5.41) is 5.51. The third-order valence-corrected chi connectivity index (χ3v) is 14.7. The summed E-state index contributed by atoms with van der Waals surface area (Å²) < 4.78 is 23.8. The van der Waals surface area contributed by atoms with E-state index in [1.54, 1.807) is 0 Å². The van der Waals surface area contributed by atoms with E-state index in [2.05, 4.69) is 160 Å². The van der Waals surface area contributed by atoms with E-state index in [9.17, 15) is 0 Å². The number of nitrogens with zero attached hydrogens (tertiary/aromatic N) is 3. The topological polar surface area (TPSA) is 57.0 Å². The van der Waals surface area contributed by atoms with Crippen molar-refractivity contribution in [3.8, 4) is 39.5 Å². The molecule has 0 N–H and O–H groups in total. The summed E-state index contributed by atoms with van der Waals surface area (Å²) in [4.78, 5) is 9.93. The normalized spacial score (nSPS) is 12.3. The molecule has 0 aliphatic heterocycles. The van der Waals surface area contributed by atoms with Gasteiger partial charge in [-0.15, -0.1) is 54.1 Å². The molecule has 0 saturated heterocycles. The molecule has 11 rings (SSSR count). The molecule has 67 heavy (non-hydrogen) atoms. The van der Waals surface area contributed by atoms with Crippen molar-refractivity contribution in [2.24, 2.45) is 0 Å². The van der Waals surface area contributed by atoms with Crippen LogP contribution in [0.4, 0.5) is 0 Å². The molecular weight excluding hydrogens is 1010 g/mol. The molecule has 0 bridgehead atoms. The van der Waals surface area contributed by atoms with Crippen molar-refractivity contribution >= 4 is 68.2 Å². The van der Waals surface area contributed by atoms with Crippen molar-refractivity contribution in [3.63, 3.8) is 0 Å². The SMILES string of the molecule is CC(C)c1cc(-c2ccccc2)cc(C(C)C)c1-n1c(-c2[c-]ccc3c2oc2ccc4oc5ccccc5c4c23)nc2ccccc21.[2H]C(C)(C)c1cc(-c2[c-]cccc2)ncc1[Si](C)(C)C.[Ir]. The fraction of sp³-hybridized carbons (Fsp3) is 0.200. The molecule has 0 aliphatic rings. The van der Waals surface area contributed by atoms with Crippen molar-refractivity contribution in [3.05, 3.63) is 181 Å². The Hall–Kier alpha value is -6.37. The molecular formula is C60H55IrN3O2Si-2. The van der Waals surface area contributed by atoms with E-state index in [-0.39, 0.29) is 31.9 Å². The van der Waals surface area contributed by atoms with E-state index in [1.807, 2.05) is 74.6 Å². The number of furan rings is 2. The average molecular weight is 1070 g/mol. The van der Waals surface area contributed by atoms with Crippen LogP contribution in [0.1, 0.15) is 77.3 Å². The van der Waals surface area contributed by atoms with Crippen molar-refractivity contribution < 1.29 is 30.3 Å². The van der Waals surface area contributed by atoms with Crippen LogP contribution in [0.5, 0.6) is 0 Å². The second kappa shape index (κ2) is 18.4. The van der Waals surface area contributed by atoms with E-state index in [1.165, 1.54) is 33.1 Å². The van der Waals surface area contributed by atoms with E-state index in [4.69, 9.17) is 15.2 Å². The van der Waals surface area contributed by atoms with Crippen LogP contribution in [0.15, 0.2) is 161 Å². The Balaban J connectivity index is 0.000000232. The van der Waals surface area contributed by atoms with E-state index in [0.29, 0.717) is 0 Å². The quantitative estimate of drug-likeness (QED) is 0.112. The second-order valence-electron chi connectivity index (χ2n) is 19.2. The van der Waals surface area contributed by atoms with Crippen LogP contribution in [0.3, 0.4) is 0 Å². The van der Waals surface area contributed by atoms with Gasteiger partial charge in [-0.25, -0.2) is 0 Å². The number of para-hydroxylation sites is 3. The molecule has 0 atom stereocenters. The fourth-order valence-corrected chi connectivity index (χ4v) is 11.0. The molecule has 0 saturated carbocycles. The van der Waals surface area contributed by atoms with Crippen LogP contribution in [0.2, 0.25) is 19.6 Å². The number of aromatic nitrogens is 3. The van der Waals surface area contributed by atoms with Crippen molar-refractivity contribution in [2.75, 3.05) is 0 Å². The van der Waals surface area contributed by atoms with E-state index < -0.39 is 14.0 Å². The van der Waals surface area contributed by atoms with Gasteiger partial charge < -0.3 is 18.4 Å². The van der Waals surface area contributed by atoms with Gasteiger partial charge in [-0.3, -0.25) is 4.98 Å². The van der Waals surface area contributed by atoms with Gasteiger partial charge in [0.15, 0.2) is 0 Å². The Morgan fingerprint density at radius 1 is 0.612 bits per heavy atom. The number of pyridine rings is 1. The third kappa shape index (κ3) is 8.39. The zero-order valence-electron chi connectivity index (χ0n) is 40.6. The Bertz CT molecular complexity index is 3580. The second-order valence-corrected chi connectivity index (χ2v) is 24.2. The number of fused-ring (bicyclic) bond motifs is 8. The third-order valence-electron chi connectivity index (χ3n) is 12.7. The van der Waals surface area contributed by atoms with Crippen molar-refractivity contribution in [1.82, 2.24) is 14.5 Å². The fourth-order valence-electron chi connectivity index (χ4n) is 9.42. The Kier molecular flexibility index (Phi) is 12.2. The van der Waals surface area contributed by atoms with Gasteiger partial charge in [0.25, 0.3) is 0 Å². The molecule has 0 unspecified atom stereocenters. The van der Waals surface area contributed by atoms with Crippen LogP contribution >= 0.6 is 0 Å². The molecule has 11 aromatic rings. The number of benzene rings is 7. The Morgan fingerprint density at radius 3 is 1.96 bits per heavy atom. The summed E-state index contributed by atoms with van der Waals surface area (Å²) in [6.45, 7) is 19.9. The molecule has 0 aliphatic carbocycles. The number of hydrogen-bond donors (Lipinski definition) is 0. The summed E-state index contributed by atoms with van der Waals surface area (Å²) in [5.41, 5.74) is 15.3.